The first-order valence-electron chi connectivity index (χ1n) is 7.69. The maximum Gasteiger partial charge on any atom is 0.270 e. The van der Waals surface area contributed by atoms with Crippen molar-refractivity contribution in [3.63, 3.8) is 0 Å². The predicted molar refractivity (Wildman–Crippen MR) is 90.0 cm³/mol. The van der Waals surface area contributed by atoms with Gasteiger partial charge in [-0.2, -0.15) is 0 Å². The number of nitrogens with zero attached hydrogens (tertiary/aromatic N) is 1. The molecule has 2 aromatic carbocycles. The minimum atomic E-state index is 0.0645. The third-order valence-electron chi connectivity index (χ3n) is 3.94. The number of rotatable bonds is 5. The van der Waals surface area contributed by atoms with Gasteiger partial charge in [0, 0.05) is 24.0 Å². The summed E-state index contributed by atoms with van der Waals surface area (Å²) in [6.45, 7) is 3.46. The van der Waals surface area contributed by atoms with Crippen LogP contribution in [-0.4, -0.2) is 28.9 Å². The number of hydrogen-bond donors (Lipinski definition) is 1. The van der Waals surface area contributed by atoms with Gasteiger partial charge in [-0.15, -0.1) is 0 Å². The molecule has 0 unspecified atom stereocenters. The molecule has 0 aliphatic carbocycles. The molecule has 3 nitrogen and oxygen atoms in total. The van der Waals surface area contributed by atoms with Gasteiger partial charge in [-0.05, 0) is 31.0 Å². The Labute approximate surface area is 130 Å². The normalized spacial score (nSPS) is 10.8. The quantitative estimate of drug-likeness (QED) is 0.761. The smallest absolute Gasteiger partial charge is 0.270 e. The molecular weight excluding hydrogens is 272 g/mol. The van der Waals surface area contributed by atoms with Crippen molar-refractivity contribution in [2.75, 3.05) is 13.1 Å². The first-order valence-corrected chi connectivity index (χ1v) is 7.69. The van der Waals surface area contributed by atoms with Crippen LogP contribution in [0.2, 0.25) is 0 Å². The first kappa shape index (κ1) is 14.4. The largest absolute Gasteiger partial charge is 0.351 e. The maximum atomic E-state index is 12.7. The van der Waals surface area contributed by atoms with E-state index >= 15 is 0 Å². The van der Waals surface area contributed by atoms with Crippen LogP contribution in [0.5, 0.6) is 0 Å². The molecular formula is C19H20N2O. The molecule has 0 saturated heterocycles. The Balaban J connectivity index is 1.73. The van der Waals surface area contributed by atoms with Crippen molar-refractivity contribution < 1.29 is 4.79 Å². The van der Waals surface area contributed by atoms with Crippen molar-refractivity contribution in [3.05, 3.63) is 71.9 Å². The summed E-state index contributed by atoms with van der Waals surface area (Å²) >= 11 is 0. The average Bonchev–Trinajstić information content (AvgIpc) is 3.00. The summed E-state index contributed by atoms with van der Waals surface area (Å²) in [5.41, 5.74) is 2.92. The van der Waals surface area contributed by atoms with E-state index in [1.165, 1.54) is 5.56 Å². The zero-order valence-electron chi connectivity index (χ0n) is 12.8. The average molecular weight is 292 g/mol. The molecule has 0 spiro atoms. The lowest BCUT2D eigenvalue weighted by molar-refractivity contribution is 0.0761. The molecule has 22 heavy (non-hydrogen) atoms. The van der Waals surface area contributed by atoms with Crippen LogP contribution in [0.3, 0.4) is 0 Å². The molecule has 1 N–H and O–H groups in total. The summed E-state index contributed by atoms with van der Waals surface area (Å²) < 4.78 is 0. The summed E-state index contributed by atoms with van der Waals surface area (Å²) in [6.07, 6.45) is 0.876. The van der Waals surface area contributed by atoms with Gasteiger partial charge in [0.2, 0.25) is 0 Å². The second-order valence-corrected chi connectivity index (χ2v) is 5.39. The highest BCUT2D eigenvalue weighted by Gasteiger charge is 2.16. The molecule has 0 atom stereocenters. The van der Waals surface area contributed by atoms with Crippen molar-refractivity contribution in [2.45, 2.75) is 13.3 Å². The lowest BCUT2D eigenvalue weighted by Crippen LogP contribution is -2.32. The van der Waals surface area contributed by atoms with Crippen LogP contribution < -0.4 is 0 Å². The number of hydrogen-bond acceptors (Lipinski definition) is 1. The SMILES string of the molecule is CCN(CCc1ccccc1)C(=O)c1cc2ccccc2[nH]1. The molecule has 1 heterocycles. The molecule has 0 aliphatic rings. The zero-order chi connectivity index (χ0) is 15.4. The van der Waals surface area contributed by atoms with Crippen LogP contribution in [-0.2, 0) is 6.42 Å². The van der Waals surface area contributed by atoms with Crippen molar-refractivity contribution in [1.82, 2.24) is 9.88 Å². The van der Waals surface area contributed by atoms with Crippen LogP contribution in [0.25, 0.3) is 10.9 Å². The van der Waals surface area contributed by atoms with Crippen LogP contribution >= 0.6 is 0 Å². The van der Waals surface area contributed by atoms with Gasteiger partial charge < -0.3 is 9.88 Å². The van der Waals surface area contributed by atoms with Crippen LogP contribution in [0, 0.1) is 0 Å². The third kappa shape index (κ3) is 3.03. The highest BCUT2D eigenvalue weighted by molar-refractivity contribution is 5.98. The van der Waals surface area contributed by atoms with E-state index in [4.69, 9.17) is 0 Å². The summed E-state index contributed by atoms with van der Waals surface area (Å²) in [5.74, 6) is 0.0645. The summed E-state index contributed by atoms with van der Waals surface area (Å²) in [4.78, 5) is 17.8. The zero-order valence-corrected chi connectivity index (χ0v) is 12.8. The lowest BCUT2D eigenvalue weighted by atomic mass is 10.1. The van der Waals surface area contributed by atoms with Crippen LogP contribution in [0.4, 0.5) is 0 Å². The number of aromatic amines is 1. The fraction of sp³-hybridized carbons (Fsp3) is 0.211. The standard InChI is InChI=1S/C19H20N2O/c1-2-21(13-12-15-8-4-3-5-9-15)19(22)18-14-16-10-6-7-11-17(16)20-18/h3-11,14,20H,2,12-13H2,1H3. The van der Waals surface area contributed by atoms with Crippen molar-refractivity contribution >= 4 is 16.8 Å². The second-order valence-electron chi connectivity index (χ2n) is 5.39. The van der Waals surface area contributed by atoms with Crippen molar-refractivity contribution in [1.29, 1.82) is 0 Å². The lowest BCUT2D eigenvalue weighted by Gasteiger charge is -2.20. The molecule has 112 valence electrons. The fourth-order valence-corrected chi connectivity index (χ4v) is 2.67. The van der Waals surface area contributed by atoms with E-state index in [1.807, 2.05) is 60.4 Å². The molecule has 0 radical (unpaired) electrons. The minimum absolute atomic E-state index is 0.0645. The van der Waals surface area contributed by atoms with Crippen molar-refractivity contribution in [2.24, 2.45) is 0 Å². The Morgan fingerprint density at radius 3 is 2.50 bits per heavy atom. The number of para-hydroxylation sites is 1. The number of likely N-dealkylation sites (N-methyl/N-ethyl adjacent to an activating group) is 1. The first-order chi connectivity index (χ1) is 10.8. The molecule has 3 aromatic rings. The number of carbonyl (C=O) groups is 1. The molecule has 0 fully saturated rings. The molecule has 3 rings (SSSR count). The number of fused-ring (bicyclic) bond motifs is 1. The number of amides is 1. The molecule has 1 amide bonds. The van der Waals surface area contributed by atoms with E-state index in [1.54, 1.807) is 0 Å². The van der Waals surface area contributed by atoms with Crippen LogP contribution in [0.1, 0.15) is 23.0 Å². The molecule has 1 aromatic heterocycles. The van der Waals surface area contributed by atoms with E-state index in [9.17, 15) is 4.79 Å². The van der Waals surface area contributed by atoms with E-state index in [2.05, 4.69) is 17.1 Å². The Morgan fingerprint density at radius 2 is 1.77 bits per heavy atom. The molecule has 0 aliphatic heterocycles. The van der Waals surface area contributed by atoms with Gasteiger partial charge >= 0.3 is 0 Å². The molecule has 0 saturated carbocycles. The number of aromatic nitrogens is 1. The summed E-state index contributed by atoms with van der Waals surface area (Å²) in [7, 11) is 0. The second kappa shape index (κ2) is 6.48. The van der Waals surface area contributed by atoms with Gasteiger partial charge in [0.15, 0.2) is 0 Å². The topological polar surface area (TPSA) is 36.1 Å². The Morgan fingerprint density at radius 1 is 1.05 bits per heavy atom. The van der Waals surface area contributed by atoms with Gasteiger partial charge in [-0.1, -0.05) is 48.5 Å². The van der Waals surface area contributed by atoms with Gasteiger partial charge in [-0.25, -0.2) is 0 Å². The number of carbonyl (C=O) groups excluding carboxylic acids is 1. The van der Waals surface area contributed by atoms with Crippen LogP contribution in [0.15, 0.2) is 60.7 Å². The highest BCUT2D eigenvalue weighted by Crippen LogP contribution is 2.16. The number of benzene rings is 2. The molecule has 3 heteroatoms. The van der Waals surface area contributed by atoms with E-state index in [-0.39, 0.29) is 5.91 Å². The Hall–Kier alpha value is -2.55. The Kier molecular flexibility index (Phi) is 4.24. The Bertz CT molecular complexity index is 728. The third-order valence-corrected chi connectivity index (χ3v) is 3.94. The predicted octanol–water partition coefficient (Wildman–Crippen LogP) is 3.87. The van der Waals surface area contributed by atoms with E-state index in [0.29, 0.717) is 12.2 Å². The number of H-pyrrole nitrogens is 1. The van der Waals surface area contributed by atoms with Gasteiger partial charge in [0.25, 0.3) is 5.91 Å². The summed E-state index contributed by atoms with van der Waals surface area (Å²) in [5, 5.41) is 1.07. The number of nitrogens with one attached hydrogen (secondary N) is 1. The molecule has 0 bridgehead atoms. The minimum Gasteiger partial charge on any atom is -0.351 e. The highest BCUT2D eigenvalue weighted by atomic mass is 16.2. The van der Waals surface area contributed by atoms with Crippen molar-refractivity contribution in [3.8, 4) is 0 Å². The summed E-state index contributed by atoms with van der Waals surface area (Å²) in [6, 6.07) is 20.2. The van der Waals surface area contributed by atoms with E-state index < -0.39 is 0 Å². The van der Waals surface area contributed by atoms with Gasteiger partial charge in [0.05, 0.1) is 0 Å². The maximum absolute atomic E-state index is 12.7. The van der Waals surface area contributed by atoms with Gasteiger partial charge in [-0.3, -0.25) is 4.79 Å². The van der Waals surface area contributed by atoms with E-state index in [0.717, 1.165) is 23.9 Å². The van der Waals surface area contributed by atoms with Gasteiger partial charge in [0.1, 0.15) is 5.69 Å². The monoisotopic (exact) mass is 292 g/mol. The fourth-order valence-electron chi connectivity index (χ4n) is 2.67.